The second-order valence-electron chi connectivity index (χ2n) is 7.27. The zero-order chi connectivity index (χ0) is 17.4. The van der Waals surface area contributed by atoms with Gasteiger partial charge in [-0.15, -0.1) is 0 Å². The molecule has 25 heavy (non-hydrogen) atoms. The van der Waals surface area contributed by atoms with Crippen molar-refractivity contribution in [2.24, 2.45) is 11.7 Å². The van der Waals surface area contributed by atoms with Crippen LogP contribution in [0.4, 0.5) is 0 Å². The summed E-state index contributed by atoms with van der Waals surface area (Å²) >= 11 is 0. The van der Waals surface area contributed by atoms with E-state index in [0.29, 0.717) is 18.2 Å². The predicted molar refractivity (Wildman–Crippen MR) is 98.0 cm³/mol. The second-order valence-corrected chi connectivity index (χ2v) is 7.27. The third-order valence-corrected chi connectivity index (χ3v) is 5.46. The summed E-state index contributed by atoms with van der Waals surface area (Å²) in [6, 6.07) is 8.52. The first-order valence-corrected chi connectivity index (χ1v) is 9.41. The van der Waals surface area contributed by atoms with Gasteiger partial charge in [0, 0.05) is 23.8 Å². The number of carbonyl (C=O) groups excluding carboxylic acids is 1. The molecule has 3 N–H and O–H groups in total. The van der Waals surface area contributed by atoms with Gasteiger partial charge in [-0.2, -0.15) is 5.10 Å². The van der Waals surface area contributed by atoms with E-state index < -0.39 is 0 Å². The number of aromatic nitrogens is 2. The minimum atomic E-state index is -0.0850. The average molecular weight is 338 g/mol. The molecule has 0 spiro atoms. The molecule has 2 aromatic rings. The Morgan fingerprint density at radius 3 is 2.76 bits per heavy atom. The normalized spacial score (nSPS) is 17.4. The van der Waals surface area contributed by atoms with Gasteiger partial charge >= 0.3 is 0 Å². The Morgan fingerprint density at radius 1 is 1.32 bits per heavy atom. The molecule has 132 valence electrons. The monoisotopic (exact) mass is 338 g/mol. The van der Waals surface area contributed by atoms with E-state index >= 15 is 0 Å². The summed E-state index contributed by atoms with van der Waals surface area (Å²) in [6.45, 7) is 2.69. The number of aryl methyl sites for hydroxylation is 1. The molecule has 1 amide bonds. The zero-order valence-corrected chi connectivity index (χ0v) is 14.8. The number of nitrogens with one attached hydrogen (secondary N) is 1. The standard InChI is InChI=1S/C20H26N4O/c1-2-13-6-10-15(11-7-13)24-18-5-3-4-16(18)19(23-24)20(25)22-12-17(21)14-8-9-14/h6-7,10-11,14,17H,2-5,8-9,12,21H2,1H3,(H,22,25). The number of amides is 1. The van der Waals surface area contributed by atoms with Gasteiger partial charge in [0.25, 0.3) is 5.91 Å². The quantitative estimate of drug-likeness (QED) is 0.849. The molecule has 1 unspecified atom stereocenters. The maximum atomic E-state index is 12.7. The van der Waals surface area contributed by atoms with Crippen molar-refractivity contribution in [3.63, 3.8) is 0 Å². The first kappa shape index (κ1) is 16.3. The van der Waals surface area contributed by atoms with Crippen LogP contribution in [0.1, 0.15) is 53.5 Å². The van der Waals surface area contributed by atoms with Crippen LogP contribution in [-0.4, -0.2) is 28.3 Å². The molecule has 4 rings (SSSR count). The van der Waals surface area contributed by atoms with Gasteiger partial charge in [-0.3, -0.25) is 4.79 Å². The van der Waals surface area contributed by atoms with Gasteiger partial charge in [0.2, 0.25) is 0 Å². The maximum Gasteiger partial charge on any atom is 0.272 e. The highest BCUT2D eigenvalue weighted by Crippen LogP contribution is 2.31. The van der Waals surface area contributed by atoms with Crippen molar-refractivity contribution < 1.29 is 4.79 Å². The van der Waals surface area contributed by atoms with E-state index in [-0.39, 0.29) is 11.9 Å². The lowest BCUT2D eigenvalue weighted by Gasteiger charge is -2.11. The van der Waals surface area contributed by atoms with Crippen LogP contribution >= 0.6 is 0 Å². The van der Waals surface area contributed by atoms with E-state index in [9.17, 15) is 4.79 Å². The Balaban J connectivity index is 1.57. The van der Waals surface area contributed by atoms with E-state index in [4.69, 9.17) is 5.73 Å². The molecular weight excluding hydrogens is 312 g/mol. The van der Waals surface area contributed by atoms with Gasteiger partial charge < -0.3 is 11.1 Å². The summed E-state index contributed by atoms with van der Waals surface area (Å²) in [4.78, 5) is 12.7. The number of hydrogen-bond acceptors (Lipinski definition) is 3. The SMILES string of the molecule is CCc1ccc(-n2nc(C(=O)NCC(N)C3CC3)c3c2CCC3)cc1. The first-order valence-electron chi connectivity index (χ1n) is 9.41. The van der Waals surface area contributed by atoms with Gasteiger partial charge in [-0.05, 0) is 62.1 Å². The summed E-state index contributed by atoms with van der Waals surface area (Å²) < 4.78 is 1.96. The molecule has 1 fully saturated rings. The number of carbonyl (C=O) groups is 1. The minimum absolute atomic E-state index is 0.0701. The van der Waals surface area contributed by atoms with Crippen molar-refractivity contribution >= 4 is 5.91 Å². The van der Waals surface area contributed by atoms with Crippen LogP contribution in [0, 0.1) is 5.92 Å². The molecule has 0 aliphatic heterocycles. The molecule has 5 nitrogen and oxygen atoms in total. The number of benzene rings is 1. The largest absolute Gasteiger partial charge is 0.349 e. The lowest BCUT2D eigenvalue weighted by molar-refractivity contribution is 0.0944. The zero-order valence-electron chi connectivity index (χ0n) is 14.8. The van der Waals surface area contributed by atoms with Crippen LogP contribution in [-0.2, 0) is 19.3 Å². The fraction of sp³-hybridized carbons (Fsp3) is 0.500. The van der Waals surface area contributed by atoms with E-state index in [2.05, 4.69) is 41.6 Å². The molecule has 0 bridgehead atoms. The second kappa shape index (κ2) is 6.64. The Hall–Kier alpha value is -2.14. The maximum absolute atomic E-state index is 12.7. The summed E-state index contributed by atoms with van der Waals surface area (Å²) in [5, 5.41) is 7.65. The van der Waals surface area contributed by atoms with Crippen molar-refractivity contribution in [3.8, 4) is 5.69 Å². The van der Waals surface area contributed by atoms with Gasteiger partial charge in [-0.25, -0.2) is 4.68 Å². The summed E-state index contributed by atoms with van der Waals surface area (Å²) in [6.07, 6.45) is 6.39. The van der Waals surface area contributed by atoms with Gasteiger partial charge in [0.05, 0.1) is 5.69 Å². The van der Waals surface area contributed by atoms with Crippen LogP contribution in [0.2, 0.25) is 0 Å². The minimum Gasteiger partial charge on any atom is -0.349 e. The molecule has 1 aromatic heterocycles. The fourth-order valence-electron chi connectivity index (χ4n) is 3.69. The van der Waals surface area contributed by atoms with Crippen LogP contribution in [0.5, 0.6) is 0 Å². The first-order chi connectivity index (χ1) is 12.2. The molecule has 2 aliphatic carbocycles. The van der Waals surface area contributed by atoms with Crippen molar-refractivity contribution in [3.05, 3.63) is 46.8 Å². The fourth-order valence-corrected chi connectivity index (χ4v) is 3.69. The summed E-state index contributed by atoms with van der Waals surface area (Å²) in [5.41, 5.74) is 11.3. The highest BCUT2D eigenvalue weighted by molar-refractivity contribution is 5.94. The molecule has 1 heterocycles. The van der Waals surface area contributed by atoms with Crippen molar-refractivity contribution in [2.75, 3.05) is 6.54 Å². The average Bonchev–Trinajstić information content (AvgIpc) is 3.27. The lowest BCUT2D eigenvalue weighted by atomic mass is 10.1. The van der Waals surface area contributed by atoms with Crippen LogP contribution in [0.15, 0.2) is 24.3 Å². The number of hydrogen-bond donors (Lipinski definition) is 2. The smallest absolute Gasteiger partial charge is 0.272 e. The van der Waals surface area contributed by atoms with E-state index in [1.807, 2.05) is 4.68 Å². The molecule has 1 aromatic carbocycles. The Morgan fingerprint density at radius 2 is 2.08 bits per heavy atom. The number of rotatable bonds is 6. The third kappa shape index (κ3) is 3.21. The van der Waals surface area contributed by atoms with Crippen LogP contribution in [0.25, 0.3) is 5.69 Å². The molecule has 5 heteroatoms. The van der Waals surface area contributed by atoms with Crippen LogP contribution in [0.3, 0.4) is 0 Å². The number of fused-ring (bicyclic) bond motifs is 1. The van der Waals surface area contributed by atoms with Crippen molar-refractivity contribution in [1.82, 2.24) is 15.1 Å². The molecular formula is C20H26N4O. The van der Waals surface area contributed by atoms with Gasteiger partial charge in [0.15, 0.2) is 5.69 Å². The lowest BCUT2D eigenvalue weighted by Crippen LogP contribution is -2.39. The van der Waals surface area contributed by atoms with Gasteiger partial charge in [0.1, 0.15) is 0 Å². The topological polar surface area (TPSA) is 72.9 Å². The number of nitrogens with two attached hydrogens (primary N) is 1. The number of nitrogens with zero attached hydrogens (tertiary/aromatic N) is 2. The van der Waals surface area contributed by atoms with Crippen molar-refractivity contribution in [1.29, 1.82) is 0 Å². The molecule has 2 aliphatic rings. The third-order valence-electron chi connectivity index (χ3n) is 5.46. The molecule has 1 saturated carbocycles. The molecule has 0 radical (unpaired) electrons. The van der Waals surface area contributed by atoms with Crippen LogP contribution < -0.4 is 11.1 Å². The Labute approximate surface area is 148 Å². The van der Waals surface area contributed by atoms with E-state index in [1.165, 1.54) is 24.1 Å². The highest BCUT2D eigenvalue weighted by Gasteiger charge is 2.30. The summed E-state index contributed by atoms with van der Waals surface area (Å²) in [5.74, 6) is 0.499. The molecule has 1 atom stereocenters. The Bertz CT molecular complexity index is 774. The highest BCUT2D eigenvalue weighted by atomic mass is 16.2. The molecule has 0 saturated heterocycles. The Kier molecular flexibility index (Phi) is 4.34. The van der Waals surface area contributed by atoms with E-state index in [0.717, 1.165) is 36.9 Å². The van der Waals surface area contributed by atoms with Crippen molar-refractivity contribution in [2.45, 2.75) is 51.5 Å². The van der Waals surface area contributed by atoms with Gasteiger partial charge in [-0.1, -0.05) is 19.1 Å². The predicted octanol–water partition coefficient (Wildman–Crippen LogP) is 2.39. The van der Waals surface area contributed by atoms with E-state index in [1.54, 1.807) is 0 Å². The summed E-state index contributed by atoms with van der Waals surface area (Å²) in [7, 11) is 0.